The number of nitrogens with one attached hydrogen (secondary N) is 1. The van der Waals surface area contributed by atoms with Crippen molar-refractivity contribution in [3.8, 4) is 0 Å². The minimum absolute atomic E-state index is 0.715. The van der Waals surface area contributed by atoms with Crippen LogP contribution in [0.5, 0.6) is 0 Å². The number of aryl methyl sites for hydroxylation is 2. The summed E-state index contributed by atoms with van der Waals surface area (Å²) in [5, 5.41) is 0. The highest BCUT2D eigenvalue weighted by Gasteiger charge is 2.06. The predicted molar refractivity (Wildman–Crippen MR) is 61.8 cm³/mol. The van der Waals surface area contributed by atoms with E-state index in [-0.39, 0.29) is 0 Å². The molecule has 0 radical (unpaired) electrons. The van der Waals surface area contributed by atoms with Gasteiger partial charge in [0, 0.05) is 12.6 Å². The van der Waals surface area contributed by atoms with Gasteiger partial charge in [-0.25, -0.2) is 9.97 Å². The van der Waals surface area contributed by atoms with Gasteiger partial charge in [0.2, 0.25) is 0 Å². The van der Waals surface area contributed by atoms with Crippen molar-refractivity contribution in [2.24, 2.45) is 5.92 Å². The summed E-state index contributed by atoms with van der Waals surface area (Å²) in [6.07, 6.45) is 3.98. The van der Waals surface area contributed by atoms with Gasteiger partial charge >= 0.3 is 0 Å². The summed E-state index contributed by atoms with van der Waals surface area (Å²) in [6.45, 7) is 6.53. The van der Waals surface area contributed by atoms with Crippen LogP contribution in [0.15, 0.2) is 12.3 Å². The molecule has 0 bridgehead atoms. The van der Waals surface area contributed by atoms with Crippen LogP contribution in [0.2, 0.25) is 0 Å². The van der Waals surface area contributed by atoms with Gasteiger partial charge in [0.1, 0.15) is 5.82 Å². The van der Waals surface area contributed by atoms with Crippen molar-refractivity contribution in [1.82, 2.24) is 15.0 Å². The smallest absolute Gasteiger partial charge is 0.177 e. The molecule has 15 heavy (non-hydrogen) atoms. The average Bonchev–Trinajstić information content (AvgIpc) is 2.59. The van der Waals surface area contributed by atoms with E-state index < -0.39 is 0 Å². The van der Waals surface area contributed by atoms with E-state index in [9.17, 15) is 0 Å². The Balaban J connectivity index is 2.27. The quantitative estimate of drug-likeness (QED) is 0.833. The molecule has 0 atom stereocenters. The second kappa shape index (κ2) is 4.01. The molecule has 0 aliphatic heterocycles. The molecule has 0 amide bonds. The lowest BCUT2D eigenvalue weighted by Gasteiger charge is -2.00. The summed E-state index contributed by atoms with van der Waals surface area (Å²) >= 11 is 0. The highest BCUT2D eigenvalue weighted by Crippen LogP contribution is 2.14. The maximum absolute atomic E-state index is 4.48. The number of rotatable bonds is 3. The minimum atomic E-state index is 0.715. The Bertz CT molecular complexity index is 457. The standard InChI is InChI=1S/C12H17N3/c1-8(2)4-5-10-14-11-9(3)6-7-13-12(11)15-10/h6-8H,4-5H2,1-3H3,(H,13,14,15). The monoisotopic (exact) mass is 203 g/mol. The third-order valence-electron chi connectivity index (χ3n) is 2.61. The SMILES string of the molecule is Cc1ccnc2nc(CCC(C)C)[nH]c12. The predicted octanol–water partition coefficient (Wildman–Crippen LogP) is 2.85. The number of hydrogen-bond donors (Lipinski definition) is 1. The highest BCUT2D eigenvalue weighted by atomic mass is 15.0. The molecule has 0 fully saturated rings. The van der Waals surface area contributed by atoms with Gasteiger partial charge in [-0.15, -0.1) is 0 Å². The van der Waals surface area contributed by atoms with Gasteiger partial charge in [-0.1, -0.05) is 13.8 Å². The molecule has 0 aliphatic rings. The van der Waals surface area contributed by atoms with Crippen LogP contribution in [0.25, 0.3) is 11.2 Å². The van der Waals surface area contributed by atoms with Crippen LogP contribution in [0.1, 0.15) is 31.7 Å². The molecule has 3 heteroatoms. The zero-order valence-electron chi connectivity index (χ0n) is 9.54. The molecule has 0 saturated heterocycles. The normalized spacial score (nSPS) is 11.5. The molecule has 80 valence electrons. The van der Waals surface area contributed by atoms with Crippen LogP contribution in [-0.4, -0.2) is 15.0 Å². The van der Waals surface area contributed by atoms with E-state index in [1.165, 1.54) is 12.0 Å². The Morgan fingerprint density at radius 3 is 2.87 bits per heavy atom. The molecule has 2 heterocycles. The molecule has 3 nitrogen and oxygen atoms in total. The number of fused-ring (bicyclic) bond motifs is 1. The molecule has 2 rings (SSSR count). The Kier molecular flexibility index (Phi) is 2.71. The summed E-state index contributed by atoms with van der Waals surface area (Å²) in [5.74, 6) is 1.77. The molecule has 0 spiro atoms. The Hall–Kier alpha value is -1.38. The first-order valence-electron chi connectivity index (χ1n) is 5.47. The van der Waals surface area contributed by atoms with E-state index >= 15 is 0 Å². The van der Waals surface area contributed by atoms with Crippen LogP contribution in [0.4, 0.5) is 0 Å². The fourth-order valence-corrected chi connectivity index (χ4v) is 1.63. The van der Waals surface area contributed by atoms with Gasteiger partial charge in [0.25, 0.3) is 0 Å². The van der Waals surface area contributed by atoms with Crippen molar-refractivity contribution in [2.45, 2.75) is 33.6 Å². The third kappa shape index (κ3) is 2.17. The lowest BCUT2D eigenvalue weighted by molar-refractivity contribution is 0.577. The first kappa shape index (κ1) is 10.1. The molecule has 0 unspecified atom stereocenters. The maximum Gasteiger partial charge on any atom is 0.177 e. The number of pyridine rings is 1. The molecular weight excluding hydrogens is 186 g/mol. The summed E-state index contributed by atoms with van der Waals surface area (Å²) in [4.78, 5) is 12.1. The molecule has 0 aliphatic carbocycles. The molecular formula is C12H17N3. The number of imidazole rings is 1. The number of aromatic amines is 1. The summed E-state index contributed by atoms with van der Waals surface area (Å²) in [5.41, 5.74) is 3.13. The first-order chi connectivity index (χ1) is 7.16. The number of nitrogens with zero attached hydrogens (tertiary/aromatic N) is 2. The number of H-pyrrole nitrogens is 1. The van der Waals surface area contributed by atoms with Crippen molar-refractivity contribution >= 4 is 11.2 Å². The van der Waals surface area contributed by atoms with Crippen molar-refractivity contribution in [3.05, 3.63) is 23.7 Å². The van der Waals surface area contributed by atoms with Crippen molar-refractivity contribution in [2.75, 3.05) is 0 Å². The Morgan fingerprint density at radius 2 is 2.20 bits per heavy atom. The van der Waals surface area contributed by atoms with Gasteiger partial charge in [-0.3, -0.25) is 0 Å². The summed E-state index contributed by atoms with van der Waals surface area (Å²) in [6, 6.07) is 2.01. The zero-order chi connectivity index (χ0) is 10.8. The van der Waals surface area contributed by atoms with Crippen LogP contribution in [-0.2, 0) is 6.42 Å². The fourth-order valence-electron chi connectivity index (χ4n) is 1.63. The number of aromatic nitrogens is 3. The van der Waals surface area contributed by atoms with Gasteiger partial charge < -0.3 is 4.98 Å². The van der Waals surface area contributed by atoms with E-state index in [1.54, 1.807) is 0 Å². The molecule has 0 saturated carbocycles. The minimum Gasteiger partial charge on any atom is -0.340 e. The van der Waals surface area contributed by atoms with Gasteiger partial charge in [-0.2, -0.15) is 0 Å². The van der Waals surface area contributed by atoms with Gasteiger partial charge in [0.05, 0.1) is 5.52 Å². The molecule has 2 aromatic rings. The fraction of sp³-hybridized carbons (Fsp3) is 0.500. The van der Waals surface area contributed by atoms with Crippen LogP contribution in [0.3, 0.4) is 0 Å². The average molecular weight is 203 g/mol. The van der Waals surface area contributed by atoms with E-state index in [0.29, 0.717) is 5.92 Å². The lowest BCUT2D eigenvalue weighted by atomic mass is 10.1. The molecule has 1 N–H and O–H groups in total. The largest absolute Gasteiger partial charge is 0.340 e. The highest BCUT2D eigenvalue weighted by molar-refractivity contribution is 5.74. The third-order valence-corrected chi connectivity index (χ3v) is 2.61. The molecule has 0 aromatic carbocycles. The topological polar surface area (TPSA) is 41.6 Å². The van der Waals surface area contributed by atoms with Crippen LogP contribution in [0, 0.1) is 12.8 Å². The number of hydrogen-bond acceptors (Lipinski definition) is 2. The van der Waals surface area contributed by atoms with Crippen molar-refractivity contribution in [1.29, 1.82) is 0 Å². The summed E-state index contributed by atoms with van der Waals surface area (Å²) in [7, 11) is 0. The van der Waals surface area contributed by atoms with Gasteiger partial charge in [0.15, 0.2) is 5.65 Å². The van der Waals surface area contributed by atoms with Crippen molar-refractivity contribution in [3.63, 3.8) is 0 Å². The first-order valence-corrected chi connectivity index (χ1v) is 5.47. The second-order valence-electron chi connectivity index (χ2n) is 4.44. The molecule has 2 aromatic heterocycles. The second-order valence-corrected chi connectivity index (χ2v) is 4.44. The van der Waals surface area contributed by atoms with E-state index in [2.05, 4.69) is 35.7 Å². The van der Waals surface area contributed by atoms with Gasteiger partial charge in [-0.05, 0) is 30.9 Å². The maximum atomic E-state index is 4.48. The zero-order valence-corrected chi connectivity index (χ0v) is 9.54. The van der Waals surface area contributed by atoms with E-state index in [4.69, 9.17) is 0 Å². The van der Waals surface area contributed by atoms with Crippen LogP contribution < -0.4 is 0 Å². The van der Waals surface area contributed by atoms with Crippen molar-refractivity contribution < 1.29 is 0 Å². The lowest BCUT2D eigenvalue weighted by Crippen LogP contribution is -1.93. The van der Waals surface area contributed by atoms with E-state index in [0.717, 1.165) is 23.4 Å². The Labute approximate surface area is 90.0 Å². The summed E-state index contributed by atoms with van der Waals surface area (Å²) < 4.78 is 0. The van der Waals surface area contributed by atoms with E-state index in [1.807, 2.05) is 12.3 Å². The van der Waals surface area contributed by atoms with Crippen LogP contribution >= 0.6 is 0 Å². The Morgan fingerprint density at radius 1 is 1.40 bits per heavy atom.